The number of nitrogens with one attached hydrogen (secondary N) is 1. The lowest BCUT2D eigenvalue weighted by molar-refractivity contribution is -0.182. The van der Waals surface area contributed by atoms with E-state index in [0.29, 0.717) is 24.1 Å². The lowest BCUT2D eigenvalue weighted by Gasteiger charge is -2.30. The number of aromatic nitrogens is 1. The van der Waals surface area contributed by atoms with Gasteiger partial charge in [0.05, 0.1) is 11.6 Å². The number of pyridine rings is 1. The maximum atomic E-state index is 12.6. The zero-order chi connectivity index (χ0) is 15.5. The second kappa shape index (κ2) is 7.78. The monoisotopic (exact) mass is 337 g/mol. The molecule has 0 spiro atoms. The zero-order valence-corrected chi connectivity index (χ0v) is 12.7. The highest BCUT2D eigenvalue weighted by molar-refractivity contribution is 5.94. The predicted octanol–water partition coefficient (Wildman–Crippen LogP) is 2.81. The standard InChI is InChI=1S/C14H18F3N3O.ClH/c15-14(16,17)10-1-3-11(4-2-10)20-13(21)9-5-6-19-12(7-9)8-18;/h5-7,10-11H,1-4,8,18H2,(H,20,21);1H. The number of nitrogens with zero attached hydrogens (tertiary/aromatic N) is 1. The van der Waals surface area contributed by atoms with Crippen molar-refractivity contribution < 1.29 is 18.0 Å². The first kappa shape index (κ1) is 18.7. The van der Waals surface area contributed by atoms with Crippen molar-refractivity contribution in [3.63, 3.8) is 0 Å². The van der Waals surface area contributed by atoms with Crippen LogP contribution < -0.4 is 11.1 Å². The van der Waals surface area contributed by atoms with Crippen molar-refractivity contribution in [2.75, 3.05) is 0 Å². The molecule has 1 aromatic heterocycles. The molecule has 0 aliphatic heterocycles. The van der Waals surface area contributed by atoms with Gasteiger partial charge in [0, 0.05) is 24.3 Å². The minimum absolute atomic E-state index is 0. The van der Waals surface area contributed by atoms with E-state index in [4.69, 9.17) is 5.73 Å². The molecular formula is C14H19ClF3N3O. The summed E-state index contributed by atoms with van der Waals surface area (Å²) < 4.78 is 37.7. The molecule has 2 rings (SSSR count). The van der Waals surface area contributed by atoms with E-state index in [1.54, 1.807) is 12.1 Å². The number of nitrogens with two attached hydrogens (primary N) is 1. The SMILES string of the molecule is Cl.NCc1cc(C(=O)NC2CCC(C(F)(F)F)CC2)ccn1. The second-order valence-corrected chi connectivity index (χ2v) is 5.30. The molecule has 1 amide bonds. The Kier molecular flexibility index (Phi) is 6.62. The summed E-state index contributed by atoms with van der Waals surface area (Å²) in [5, 5.41) is 2.78. The predicted molar refractivity (Wildman–Crippen MR) is 78.6 cm³/mol. The molecule has 1 heterocycles. The summed E-state index contributed by atoms with van der Waals surface area (Å²) in [4.78, 5) is 16.1. The lowest BCUT2D eigenvalue weighted by atomic mass is 9.85. The third-order valence-electron chi connectivity index (χ3n) is 3.81. The highest BCUT2D eigenvalue weighted by Gasteiger charge is 2.41. The first-order valence-electron chi connectivity index (χ1n) is 6.92. The molecule has 1 saturated carbocycles. The van der Waals surface area contributed by atoms with Gasteiger partial charge in [-0.1, -0.05) is 0 Å². The Morgan fingerprint density at radius 2 is 1.95 bits per heavy atom. The molecule has 0 atom stereocenters. The summed E-state index contributed by atoms with van der Waals surface area (Å²) in [5.74, 6) is -1.53. The van der Waals surface area contributed by atoms with Crippen LogP contribution in [0.2, 0.25) is 0 Å². The molecular weight excluding hydrogens is 319 g/mol. The molecule has 4 nitrogen and oxygen atoms in total. The van der Waals surface area contributed by atoms with Gasteiger partial charge in [-0.15, -0.1) is 12.4 Å². The third-order valence-corrected chi connectivity index (χ3v) is 3.81. The van der Waals surface area contributed by atoms with E-state index in [0.717, 1.165) is 0 Å². The molecule has 1 aliphatic rings. The van der Waals surface area contributed by atoms with Crippen molar-refractivity contribution >= 4 is 18.3 Å². The Hall–Kier alpha value is -1.34. The van der Waals surface area contributed by atoms with E-state index in [2.05, 4.69) is 10.3 Å². The number of hydrogen-bond acceptors (Lipinski definition) is 3. The Bertz CT molecular complexity index is 502. The van der Waals surface area contributed by atoms with E-state index in [9.17, 15) is 18.0 Å². The molecule has 8 heteroatoms. The van der Waals surface area contributed by atoms with Crippen molar-refractivity contribution in [1.29, 1.82) is 0 Å². The molecule has 22 heavy (non-hydrogen) atoms. The van der Waals surface area contributed by atoms with Crippen molar-refractivity contribution in [2.24, 2.45) is 11.7 Å². The Morgan fingerprint density at radius 3 is 2.50 bits per heavy atom. The first-order chi connectivity index (χ1) is 9.90. The Balaban J connectivity index is 0.00000242. The van der Waals surface area contributed by atoms with Crippen LogP contribution in [0, 0.1) is 5.92 Å². The topological polar surface area (TPSA) is 68.0 Å². The fourth-order valence-corrected chi connectivity index (χ4v) is 2.56. The number of rotatable bonds is 3. The normalized spacial score (nSPS) is 21.8. The van der Waals surface area contributed by atoms with Crippen LogP contribution in [0.25, 0.3) is 0 Å². The highest BCUT2D eigenvalue weighted by atomic mass is 35.5. The summed E-state index contributed by atoms with van der Waals surface area (Å²) in [5.41, 5.74) is 6.49. The van der Waals surface area contributed by atoms with E-state index < -0.39 is 12.1 Å². The summed E-state index contributed by atoms with van der Waals surface area (Å²) in [7, 11) is 0. The molecule has 1 fully saturated rings. The quantitative estimate of drug-likeness (QED) is 0.891. The fourth-order valence-electron chi connectivity index (χ4n) is 2.56. The van der Waals surface area contributed by atoms with Crippen LogP contribution >= 0.6 is 12.4 Å². The fraction of sp³-hybridized carbons (Fsp3) is 0.571. The number of carbonyl (C=O) groups is 1. The summed E-state index contributed by atoms with van der Waals surface area (Å²) in [6.07, 6.45) is -1.79. The molecule has 0 unspecified atom stereocenters. The Labute approximate surface area is 133 Å². The van der Waals surface area contributed by atoms with Crippen LogP contribution in [0.1, 0.15) is 41.7 Å². The van der Waals surface area contributed by atoms with Gasteiger partial charge in [0.1, 0.15) is 0 Å². The summed E-state index contributed by atoms with van der Waals surface area (Å²) >= 11 is 0. The highest BCUT2D eigenvalue weighted by Crippen LogP contribution is 2.37. The first-order valence-corrected chi connectivity index (χ1v) is 6.92. The molecule has 1 aliphatic carbocycles. The molecule has 0 bridgehead atoms. The van der Waals surface area contributed by atoms with Crippen molar-refractivity contribution in [2.45, 2.75) is 44.4 Å². The number of amides is 1. The van der Waals surface area contributed by atoms with Gasteiger partial charge in [0.25, 0.3) is 5.91 Å². The number of hydrogen-bond donors (Lipinski definition) is 2. The van der Waals surface area contributed by atoms with Crippen LogP contribution in [0.3, 0.4) is 0 Å². The van der Waals surface area contributed by atoms with Crippen molar-refractivity contribution in [3.8, 4) is 0 Å². The smallest absolute Gasteiger partial charge is 0.349 e. The average Bonchev–Trinajstić information content (AvgIpc) is 2.47. The molecule has 0 saturated heterocycles. The lowest BCUT2D eigenvalue weighted by Crippen LogP contribution is -2.40. The van der Waals surface area contributed by atoms with Crippen LogP contribution in [0.5, 0.6) is 0 Å². The van der Waals surface area contributed by atoms with Gasteiger partial charge in [0.2, 0.25) is 0 Å². The average molecular weight is 338 g/mol. The van der Waals surface area contributed by atoms with Crippen LogP contribution in [0.15, 0.2) is 18.3 Å². The number of alkyl halides is 3. The van der Waals surface area contributed by atoms with Crippen molar-refractivity contribution in [3.05, 3.63) is 29.6 Å². The second-order valence-electron chi connectivity index (χ2n) is 5.30. The van der Waals surface area contributed by atoms with Gasteiger partial charge in [-0.05, 0) is 37.8 Å². The van der Waals surface area contributed by atoms with Gasteiger partial charge in [-0.3, -0.25) is 9.78 Å². The van der Waals surface area contributed by atoms with Gasteiger partial charge < -0.3 is 11.1 Å². The minimum atomic E-state index is -4.13. The maximum Gasteiger partial charge on any atom is 0.391 e. The molecule has 0 aromatic carbocycles. The van der Waals surface area contributed by atoms with E-state index >= 15 is 0 Å². The molecule has 3 N–H and O–H groups in total. The van der Waals surface area contributed by atoms with E-state index in [1.165, 1.54) is 6.20 Å². The van der Waals surface area contributed by atoms with Crippen LogP contribution in [0.4, 0.5) is 13.2 Å². The van der Waals surface area contributed by atoms with Gasteiger partial charge in [-0.25, -0.2) is 0 Å². The number of carbonyl (C=O) groups excluding carboxylic acids is 1. The Morgan fingerprint density at radius 1 is 1.32 bits per heavy atom. The summed E-state index contributed by atoms with van der Waals surface area (Å²) in [6.45, 7) is 0.234. The van der Waals surface area contributed by atoms with E-state index in [1.807, 2.05) is 0 Å². The van der Waals surface area contributed by atoms with Crippen LogP contribution in [-0.2, 0) is 6.54 Å². The van der Waals surface area contributed by atoms with Crippen LogP contribution in [-0.4, -0.2) is 23.1 Å². The van der Waals surface area contributed by atoms with Gasteiger partial charge >= 0.3 is 6.18 Å². The van der Waals surface area contributed by atoms with E-state index in [-0.39, 0.29) is 43.7 Å². The number of halogens is 4. The van der Waals surface area contributed by atoms with Crippen molar-refractivity contribution in [1.82, 2.24) is 10.3 Å². The maximum absolute atomic E-state index is 12.6. The summed E-state index contributed by atoms with van der Waals surface area (Å²) in [6, 6.07) is 2.96. The molecule has 1 aromatic rings. The third kappa shape index (κ3) is 4.84. The largest absolute Gasteiger partial charge is 0.391 e. The van der Waals surface area contributed by atoms with Gasteiger partial charge in [-0.2, -0.15) is 13.2 Å². The zero-order valence-electron chi connectivity index (χ0n) is 11.9. The van der Waals surface area contributed by atoms with Gasteiger partial charge in [0.15, 0.2) is 0 Å². The minimum Gasteiger partial charge on any atom is -0.349 e. The molecule has 0 radical (unpaired) electrons. The molecule has 124 valence electrons.